The zero-order valence-corrected chi connectivity index (χ0v) is 23.7. The molecule has 0 saturated heterocycles. The lowest BCUT2D eigenvalue weighted by molar-refractivity contribution is 0.0563. The Morgan fingerprint density at radius 2 is 1.49 bits per heavy atom. The zero-order chi connectivity index (χ0) is 27.7. The lowest BCUT2D eigenvalue weighted by Crippen LogP contribution is -2.67. The van der Waals surface area contributed by atoms with Gasteiger partial charge in [-0.05, 0) is 27.0 Å². The lowest BCUT2D eigenvalue weighted by atomic mass is 10.1. The van der Waals surface area contributed by atoms with Crippen molar-refractivity contribution in [1.29, 1.82) is 0 Å². The van der Waals surface area contributed by atoms with Crippen LogP contribution in [0, 0.1) is 0 Å². The maximum absolute atomic E-state index is 12.8. The molecule has 7 nitrogen and oxygen atoms in total. The fourth-order valence-corrected chi connectivity index (χ4v) is 9.45. The molecule has 0 fully saturated rings. The number of nitrogens with zero attached hydrogens (tertiary/aromatic N) is 2. The number of aliphatic hydroxyl groups excluding tert-OH is 1. The van der Waals surface area contributed by atoms with Crippen molar-refractivity contribution in [1.82, 2.24) is 15.1 Å². The van der Waals surface area contributed by atoms with Gasteiger partial charge < -0.3 is 19.6 Å². The topological polar surface area (TPSA) is 85.6 Å². The van der Waals surface area contributed by atoms with Crippen LogP contribution in [0.15, 0.2) is 109 Å². The number of hydrogen-bond acceptors (Lipinski definition) is 5. The molecule has 0 bridgehead atoms. The second kappa shape index (κ2) is 12.9. The fraction of sp³-hybridized carbons (Fsp3) is 0.290. The van der Waals surface area contributed by atoms with Crippen LogP contribution < -0.4 is 15.7 Å². The van der Waals surface area contributed by atoms with Gasteiger partial charge in [-0.3, -0.25) is 4.68 Å². The molecule has 4 aromatic rings. The molecule has 0 saturated carbocycles. The van der Waals surface area contributed by atoms with Crippen LogP contribution in [0.3, 0.4) is 0 Å². The molecule has 1 amide bonds. The van der Waals surface area contributed by atoms with Crippen LogP contribution in [0.1, 0.15) is 26.3 Å². The van der Waals surface area contributed by atoms with Gasteiger partial charge in [0.2, 0.25) is 0 Å². The molecule has 3 aromatic carbocycles. The molecule has 2 atom stereocenters. The highest BCUT2D eigenvalue weighted by molar-refractivity contribution is 6.99. The van der Waals surface area contributed by atoms with Gasteiger partial charge in [0.1, 0.15) is 6.61 Å². The molecule has 1 heterocycles. The molecule has 0 spiro atoms. The summed E-state index contributed by atoms with van der Waals surface area (Å²) in [4.78, 5) is 12.8. The minimum absolute atomic E-state index is 0.0260. The first-order valence-corrected chi connectivity index (χ1v) is 15.1. The van der Waals surface area contributed by atoms with Crippen LogP contribution in [0.25, 0.3) is 0 Å². The van der Waals surface area contributed by atoms with Crippen molar-refractivity contribution in [3.05, 3.63) is 115 Å². The molecular weight excluding hydrogens is 506 g/mol. The van der Waals surface area contributed by atoms with Crippen LogP contribution in [0.2, 0.25) is 5.04 Å². The number of rotatable bonds is 11. The highest BCUT2D eigenvalue weighted by atomic mass is 28.4. The summed E-state index contributed by atoms with van der Waals surface area (Å²) < 4.78 is 14.0. The summed E-state index contributed by atoms with van der Waals surface area (Å²) in [6, 6.07) is 31.1. The van der Waals surface area contributed by atoms with E-state index in [2.05, 4.69) is 55.5 Å². The molecule has 1 aromatic heterocycles. The average molecular weight is 544 g/mol. The van der Waals surface area contributed by atoms with E-state index < -0.39 is 26.6 Å². The van der Waals surface area contributed by atoms with Crippen LogP contribution in [-0.4, -0.2) is 48.1 Å². The van der Waals surface area contributed by atoms with E-state index in [1.807, 2.05) is 66.7 Å². The quantitative estimate of drug-likeness (QED) is 0.278. The van der Waals surface area contributed by atoms with Gasteiger partial charge in [0.15, 0.2) is 0 Å². The third-order valence-corrected chi connectivity index (χ3v) is 11.8. The molecule has 2 N–H and O–H groups in total. The maximum atomic E-state index is 12.8. The second-order valence-corrected chi connectivity index (χ2v) is 14.9. The maximum Gasteiger partial charge on any atom is 0.407 e. The number of carbonyl (C=O) groups excluding carboxylic acids is 1. The van der Waals surface area contributed by atoms with Gasteiger partial charge in [-0.2, -0.15) is 5.10 Å². The zero-order valence-electron chi connectivity index (χ0n) is 22.7. The van der Waals surface area contributed by atoms with Crippen molar-refractivity contribution in [3.8, 4) is 0 Å². The number of benzene rings is 3. The Morgan fingerprint density at radius 3 is 2.00 bits per heavy atom. The van der Waals surface area contributed by atoms with Crippen LogP contribution in [-0.2, 0) is 22.3 Å². The Balaban J connectivity index is 1.56. The number of nitrogens with one attached hydrogen (secondary N) is 1. The standard InChI is InChI=1S/C31H37N3O4Si/c1-31(2,3)39(26-16-9-5-10-17-26,27-18-11-6-12-19-27)38-24-29(35)28(22-34-21-13-20-32-34)33-30(36)37-23-25-14-7-4-8-15-25/h4-21,28-29,35H,22-24H2,1-3H3,(H,33,36). The van der Waals surface area contributed by atoms with Gasteiger partial charge in [-0.15, -0.1) is 0 Å². The third-order valence-electron chi connectivity index (χ3n) is 6.81. The largest absolute Gasteiger partial charge is 0.445 e. The molecule has 204 valence electrons. The number of alkyl carbamates (subject to hydrolysis) is 1. The summed E-state index contributed by atoms with van der Waals surface area (Å²) in [6.45, 7) is 6.98. The smallest absolute Gasteiger partial charge is 0.407 e. The molecule has 8 heteroatoms. The molecule has 4 rings (SSSR count). The van der Waals surface area contributed by atoms with Gasteiger partial charge in [0.05, 0.1) is 25.3 Å². The second-order valence-electron chi connectivity index (χ2n) is 10.6. The molecule has 0 aliphatic heterocycles. The highest BCUT2D eigenvalue weighted by Gasteiger charge is 2.50. The number of aromatic nitrogens is 2. The van der Waals surface area contributed by atoms with Crippen molar-refractivity contribution in [2.24, 2.45) is 0 Å². The van der Waals surface area contributed by atoms with Crippen molar-refractivity contribution in [2.45, 2.75) is 51.1 Å². The Bertz CT molecular complexity index is 1240. The normalized spacial score (nSPS) is 13.4. The van der Waals surface area contributed by atoms with Crippen molar-refractivity contribution in [2.75, 3.05) is 6.61 Å². The van der Waals surface area contributed by atoms with Crippen LogP contribution in [0.4, 0.5) is 4.79 Å². The number of carbonyl (C=O) groups is 1. The monoisotopic (exact) mass is 543 g/mol. The van der Waals surface area contributed by atoms with E-state index in [0.717, 1.165) is 15.9 Å². The van der Waals surface area contributed by atoms with Gasteiger partial charge >= 0.3 is 6.09 Å². The molecule has 39 heavy (non-hydrogen) atoms. The summed E-state index contributed by atoms with van der Waals surface area (Å²) in [5.41, 5.74) is 0.881. The first kappa shape index (κ1) is 28.3. The van der Waals surface area contributed by atoms with E-state index in [4.69, 9.17) is 9.16 Å². The average Bonchev–Trinajstić information content (AvgIpc) is 3.46. The number of amides is 1. The van der Waals surface area contributed by atoms with E-state index in [0.29, 0.717) is 0 Å². The Labute approximate surface area is 231 Å². The third kappa shape index (κ3) is 7.03. The Kier molecular flexibility index (Phi) is 9.35. The van der Waals surface area contributed by atoms with Gasteiger partial charge in [0, 0.05) is 12.4 Å². The summed E-state index contributed by atoms with van der Waals surface area (Å²) in [6.07, 6.45) is 1.83. The predicted molar refractivity (Wildman–Crippen MR) is 155 cm³/mol. The van der Waals surface area contributed by atoms with Crippen molar-refractivity contribution < 1.29 is 19.1 Å². The highest BCUT2D eigenvalue weighted by Crippen LogP contribution is 2.36. The predicted octanol–water partition coefficient (Wildman–Crippen LogP) is 4.12. The van der Waals surface area contributed by atoms with Crippen LogP contribution in [0.5, 0.6) is 0 Å². The van der Waals surface area contributed by atoms with E-state index in [9.17, 15) is 9.90 Å². The van der Waals surface area contributed by atoms with Gasteiger partial charge in [-0.1, -0.05) is 112 Å². The Hall–Kier alpha value is -3.72. The van der Waals surface area contributed by atoms with Crippen LogP contribution >= 0.6 is 0 Å². The van der Waals surface area contributed by atoms with Crippen molar-refractivity contribution >= 4 is 24.8 Å². The fourth-order valence-electron chi connectivity index (χ4n) is 4.88. The number of aliphatic hydroxyl groups is 1. The van der Waals surface area contributed by atoms with E-state index in [-0.39, 0.29) is 24.8 Å². The first-order chi connectivity index (χ1) is 18.8. The lowest BCUT2D eigenvalue weighted by Gasteiger charge is -2.43. The Morgan fingerprint density at radius 1 is 0.923 bits per heavy atom. The summed E-state index contributed by atoms with van der Waals surface area (Å²) in [5, 5.41) is 20.6. The number of hydrogen-bond donors (Lipinski definition) is 2. The minimum Gasteiger partial charge on any atom is -0.445 e. The van der Waals surface area contributed by atoms with Gasteiger partial charge in [0.25, 0.3) is 8.32 Å². The minimum atomic E-state index is -2.86. The van der Waals surface area contributed by atoms with E-state index >= 15 is 0 Å². The molecule has 2 unspecified atom stereocenters. The number of ether oxygens (including phenoxy) is 1. The summed E-state index contributed by atoms with van der Waals surface area (Å²) in [7, 11) is -2.86. The van der Waals surface area contributed by atoms with Crippen molar-refractivity contribution in [3.63, 3.8) is 0 Å². The first-order valence-electron chi connectivity index (χ1n) is 13.2. The van der Waals surface area contributed by atoms with E-state index in [1.54, 1.807) is 23.1 Å². The van der Waals surface area contributed by atoms with E-state index in [1.165, 1.54) is 0 Å². The summed E-state index contributed by atoms with van der Waals surface area (Å²) in [5.74, 6) is 0. The summed E-state index contributed by atoms with van der Waals surface area (Å²) >= 11 is 0. The molecular formula is C31H37N3O4Si. The molecule has 0 radical (unpaired) electrons. The SMILES string of the molecule is CC(C)(C)[Si](OCC(O)C(Cn1cccn1)NC(=O)OCc1ccccc1)(c1ccccc1)c1ccccc1. The van der Waals surface area contributed by atoms with Gasteiger partial charge in [-0.25, -0.2) is 4.79 Å². The molecule has 0 aliphatic rings. The molecule has 0 aliphatic carbocycles.